The lowest BCUT2D eigenvalue weighted by atomic mass is 9.96. The predicted octanol–water partition coefficient (Wildman–Crippen LogP) is 10.6. The minimum absolute atomic E-state index is 0.112. The molecular weight excluding hydrogens is 727 g/mol. The fourth-order valence-electron chi connectivity index (χ4n) is 6.47. The van der Waals surface area contributed by atoms with Gasteiger partial charge in [0.05, 0.1) is 13.2 Å². The first-order valence-electron chi connectivity index (χ1n) is 23.1. The van der Waals surface area contributed by atoms with E-state index in [-0.39, 0.29) is 44.4 Å². The molecule has 0 rings (SSSR count). The number of hydrogen-bond donors (Lipinski definition) is 0. The van der Waals surface area contributed by atoms with Crippen molar-refractivity contribution in [2.75, 3.05) is 47.1 Å². The van der Waals surface area contributed by atoms with Crippen molar-refractivity contribution in [2.45, 2.75) is 213 Å². The molecule has 0 aromatic rings. The molecule has 0 saturated carbocycles. The first-order chi connectivity index (χ1) is 27.6. The third-order valence-corrected chi connectivity index (χ3v) is 10.1. The summed E-state index contributed by atoms with van der Waals surface area (Å²) >= 11 is 0. The van der Waals surface area contributed by atoms with E-state index in [1.807, 2.05) is 19.0 Å². The van der Waals surface area contributed by atoms with E-state index in [9.17, 15) is 24.0 Å². The van der Waals surface area contributed by atoms with E-state index in [1.54, 1.807) is 0 Å². The van der Waals surface area contributed by atoms with Gasteiger partial charge in [-0.15, -0.1) is 0 Å². The van der Waals surface area contributed by atoms with E-state index < -0.39 is 24.0 Å². The molecule has 0 amide bonds. The summed E-state index contributed by atoms with van der Waals surface area (Å²) in [6.45, 7) is 7.88. The van der Waals surface area contributed by atoms with Gasteiger partial charge in [0.1, 0.15) is 13.2 Å². The van der Waals surface area contributed by atoms with Crippen molar-refractivity contribution < 1.29 is 47.7 Å². The van der Waals surface area contributed by atoms with Crippen LogP contribution in [0.1, 0.15) is 207 Å². The second-order valence-corrected chi connectivity index (χ2v) is 16.1. The number of hydrogen-bond acceptors (Lipinski definition) is 11. The highest BCUT2D eigenvalue weighted by molar-refractivity contribution is 5.71. The smallest absolute Gasteiger partial charge is 0.306 e. The van der Waals surface area contributed by atoms with Crippen molar-refractivity contribution in [1.29, 1.82) is 0 Å². The van der Waals surface area contributed by atoms with E-state index in [1.165, 1.54) is 57.8 Å². The minimum atomic E-state index is -0.888. The highest BCUT2D eigenvalue weighted by Crippen LogP contribution is 2.19. The molecule has 11 heteroatoms. The van der Waals surface area contributed by atoms with Gasteiger partial charge < -0.3 is 28.6 Å². The topological polar surface area (TPSA) is 135 Å². The van der Waals surface area contributed by atoms with Crippen LogP contribution in [0.25, 0.3) is 0 Å². The maximum atomic E-state index is 12.5. The Balaban J connectivity index is 4.36. The molecule has 0 aliphatic heterocycles. The van der Waals surface area contributed by atoms with Crippen molar-refractivity contribution in [3.05, 3.63) is 0 Å². The molecule has 0 radical (unpaired) electrons. The van der Waals surface area contributed by atoms with Crippen LogP contribution in [0.4, 0.5) is 0 Å². The number of esters is 5. The summed E-state index contributed by atoms with van der Waals surface area (Å²) in [6, 6.07) is 0. The summed E-state index contributed by atoms with van der Waals surface area (Å²) in [5.41, 5.74) is 0. The van der Waals surface area contributed by atoms with E-state index in [0.29, 0.717) is 64.1 Å². The number of carbonyl (C=O) groups is 5. The van der Waals surface area contributed by atoms with Gasteiger partial charge in [-0.05, 0) is 77.9 Å². The molecule has 0 heterocycles. The molecule has 334 valence electrons. The van der Waals surface area contributed by atoms with Crippen LogP contribution in [0.2, 0.25) is 0 Å². The molecule has 0 aliphatic rings. The average molecular weight is 812 g/mol. The first-order valence-corrected chi connectivity index (χ1v) is 23.1. The van der Waals surface area contributed by atoms with Crippen LogP contribution in [0.5, 0.6) is 0 Å². The molecular formula is C46H85NO10. The van der Waals surface area contributed by atoms with E-state index >= 15 is 0 Å². The van der Waals surface area contributed by atoms with Crippen molar-refractivity contribution in [1.82, 2.24) is 4.90 Å². The van der Waals surface area contributed by atoms with Crippen LogP contribution < -0.4 is 0 Å². The van der Waals surface area contributed by atoms with Gasteiger partial charge in [-0.1, -0.05) is 124 Å². The largest absolute Gasteiger partial charge is 0.466 e. The third kappa shape index (κ3) is 38.6. The molecule has 11 nitrogen and oxygen atoms in total. The van der Waals surface area contributed by atoms with Gasteiger partial charge in [-0.25, -0.2) is 0 Å². The molecule has 57 heavy (non-hydrogen) atoms. The fraction of sp³-hybridized carbons (Fsp3) is 0.891. The highest BCUT2D eigenvalue weighted by Gasteiger charge is 2.20. The van der Waals surface area contributed by atoms with Crippen LogP contribution >= 0.6 is 0 Å². The molecule has 2 unspecified atom stereocenters. The molecule has 0 saturated heterocycles. The molecule has 0 bridgehead atoms. The number of ether oxygens (including phenoxy) is 5. The monoisotopic (exact) mass is 812 g/mol. The zero-order chi connectivity index (χ0) is 42.2. The Morgan fingerprint density at radius 3 is 1.30 bits per heavy atom. The highest BCUT2D eigenvalue weighted by atomic mass is 16.6. The van der Waals surface area contributed by atoms with Gasteiger partial charge in [-0.3, -0.25) is 24.0 Å². The molecule has 0 spiro atoms. The summed E-state index contributed by atoms with van der Waals surface area (Å²) in [7, 11) is 3.85. The van der Waals surface area contributed by atoms with Crippen molar-refractivity contribution >= 4 is 29.8 Å². The summed E-state index contributed by atoms with van der Waals surface area (Å²) in [6.07, 6.45) is 24.8. The summed E-state index contributed by atoms with van der Waals surface area (Å²) in [4.78, 5) is 63.7. The van der Waals surface area contributed by atoms with Crippen LogP contribution in [0.15, 0.2) is 0 Å². The molecule has 0 aliphatic carbocycles. The number of unbranched alkanes of at least 4 members (excludes halogenated alkanes) is 16. The Bertz CT molecular complexity index is 1000. The summed E-state index contributed by atoms with van der Waals surface area (Å²) < 4.78 is 27.3. The average Bonchev–Trinajstić information content (AvgIpc) is 3.18. The van der Waals surface area contributed by atoms with Crippen molar-refractivity contribution in [2.24, 2.45) is 5.92 Å². The number of nitrogens with zero attached hydrogens (tertiary/aromatic N) is 1. The zero-order valence-corrected chi connectivity index (χ0v) is 37.2. The second-order valence-electron chi connectivity index (χ2n) is 16.1. The first kappa shape index (κ1) is 54.3. The summed E-state index contributed by atoms with van der Waals surface area (Å²) in [5.74, 6) is -1.11. The lowest BCUT2D eigenvalue weighted by molar-refractivity contribution is -0.167. The number of rotatable bonds is 41. The lowest BCUT2D eigenvalue weighted by Crippen LogP contribution is -2.31. The van der Waals surface area contributed by atoms with Crippen molar-refractivity contribution in [3.63, 3.8) is 0 Å². The van der Waals surface area contributed by atoms with Gasteiger partial charge in [0, 0.05) is 32.1 Å². The Hall–Kier alpha value is -2.69. The van der Waals surface area contributed by atoms with Crippen LogP contribution in [0, 0.1) is 5.92 Å². The van der Waals surface area contributed by atoms with Crippen molar-refractivity contribution in [3.8, 4) is 0 Å². The Morgan fingerprint density at radius 2 is 0.789 bits per heavy atom. The van der Waals surface area contributed by atoms with Gasteiger partial charge >= 0.3 is 29.8 Å². The molecule has 0 N–H and O–H groups in total. The maximum absolute atomic E-state index is 12.5. The molecule has 2 atom stereocenters. The van der Waals surface area contributed by atoms with Crippen LogP contribution in [0.3, 0.4) is 0 Å². The van der Waals surface area contributed by atoms with Gasteiger partial charge in [0.2, 0.25) is 0 Å². The maximum Gasteiger partial charge on any atom is 0.306 e. The Labute approximate surface area is 347 Å². The van der Waals surface area contributed by atoms with Crippen LogP contribution in [-0.2, 0) is 47.7 Å². The fourth-order valence-corrected chi connectivity index (χ4v) is 6.47. The Morgan fingerprint density at radius 1 is 0.404 bits per heavy atom. The minimum Gasteiger partial charge on any atom is -0.466 e. The SMILES string of the molecule is CCCCCCCCCC(=O)OCCCCCCCC(=O)OCC(COC(=O)CCCCCC(=O)OCC(CCCC)CCCCCC)OC(=O)CCCN(C)C. The van der Waals surface area contributed by atoms with E-state index in [0.717, 1.165) is 70.8 Å². The second kappa shape index (κ2) is 40.1. The van der Waals surface area contributed by atoms with Gasteiger partial charge in [0.15, 0.2) is 6.10 Å². The Kier molecular flexibility index (Phi) is 38.2. The lowest BCUT2D eigenvalue weighted by Gasteiger charge is -2.18. The summed E-state index contributed by atoms with van der Waals surface area (Å²) in [5, 5.41) is 0. The predicted molar refractivity (Wildman–Crippen MR) is 227 cm³/mol. The number of carbonyl (C=O) groups excluding carboxylic acids is 5. The molecule has 0 aromatic heterocycles. The van der Waals surface area contributed by atoms with Gasteiger partial charge in [-0.2, -0.15) is 0 Å². The molecule has 0 aromatic carbocycles. The zero-order valence-electron chi connectivity index (χ0n) is 37.2. The van der Waals surface area contributed by atoms with Crippen LogP contribution in [-0.4, -0.2) is 87.9 Å². The molecule has 0 fully saturated rings. The van der Waals surface area contributed by atoms with E-state index in [4.69, 9.17) is 23.7 Å². The van der Waals surface area contributed by atoms with E-state index in [2.05, 4.69) is 20.8 Å². The third-order valence-electron chi connectivity index (χ3n) is 10.1. The van der Waals surface area contributed by atoms with Gasteiger partial charge in [0.25, 0.3) is 0 Å². The standard InChI is InChI=1S/C46H85NO10/c1-6-9-12-14-15-17-22-30-42(48)53-36-26-19-16-18-23-31-44(50)55-38-41(57-46(52)34-27-35-47(4)5)39-56-45(51)33-25-20-24-32-43(49)54-37-40(28-11-8-3)29-21-13-10-7-2/h40-41H,6-39H2,1-5H3. The normalized spacial score (nSPS) is 12.2. The quantitative estimate of drug-likeness (QED) is 0.0332.